The van der Waals surface area contributed by atoms with Gasteiger partial charge in [0.2, 0.25) is 0 Å². The number of aliphatic carboxylic acids is 1. The third-order valence-electron chi connectivity index (χ3n) is 2.02. The number of allylic oxidation sites excluding steroid dienone is 2. The molecule has 0 amide bonds. The van der Waals surface area contributed by atoms with Crippen LogP contribution in [0.4, 0.5) is 0 Å². The van der Waals surface area contributed by atoms with Gasteiger partial charge in [-0.05, 0) is 19.1 Å². The van der Waals surface area contributed by atoms with Gasteiger partial charge in [-0.15, -0.1) is 10.2 Å². The van der Waals surface area contributed by atoms with Gasteiger partial charge >= 0.3 is 11.5 Å². The van der Waals surface area contributed by atoms with Crippen molar-refractivity contribution in [3.05, 3.63) is 40.1 Å². The van der Waals surface area contributed by atoms with E-state index in [-0.39, 0.29) is 5.82 Å². The number of nitrogen functional groups attached to an aromatic ring is 1. The van der Waals surface area contributed by atoms with Crippen molar-refractivity contribution in [2.75, 3.05) is 5.84 Å². The van der Waals surface area contributed by atoms with Gasteiger partial charge in [-0.2, -0.15) is 0 Å². The number of ketones is 1. The molecule has 0 aliphatic carbocycles. The van der Waals surface area contributed by atoms with Crippen LogP contribution in [0.2, 0.25) is 0 Å². The van der Waals surface area contributed by atoms with E-state index in [0.717, 1.165) is 12.2 Å². The lowest BCUT2D eigenvalue weighted by atomic mass is 10.3. The molecule has 19 heavy (non-hydrogen) atoms. The Morgan fingerprint density at radius 1 is 1.32 bits per heavy atom. The summed E-state index contributed by atoms with van der Waals surface area (Å²) in [6.07, 6.45) is 2.61. The minimum atomic E-state index is -1.64. The molecule has 0 aliphatic rings. The average Bonchev–Trinajstić information content (AvgIpc) is 2.35. The van der Waals surface area contributed by atoms with Crippen molar-refractivity contribution in [2.24, 2.45) is 0 Å². The van der Waals surface area contributed by atoms with Gasteiger partial charge in [-0.3, -0.25) is 9.59 Å². The number of carbonyl (C=O) groups excluding carboxylic acids is 1. The second kappa shape index (κ2) is 5.58. The summed E-state index contributed by atoms with van der Waals surface area (Å²) in [7, 11) is 0. The van der Waals surface area contributed by atoms with Gasteiger partial charge in [0.1, 0.15) is 5.76 Å². The van der Waals surface area contributed by atoms with Crippen molar-refractivity contribution in [1.29, 1.82) is 0 Å². The molecule has 0 unspecified atom stereocenters. The third-order valence-corrected chi connectivity index (χ3v) is 2.02. The van der Waals surface area contributed by atoms with Crippen LogP contribution in [0.1, 0.15) is 11.5 Å². The van der Waals surface area contributed by atoms with Crippen molar-refractivity contribution in [3.63, 3.8) is 0 Å². The zero-order valence-corrected chi connectivity index (χ0v) is 9.77. The highest BCUT2D eigenvalue weighted by molar-refractivity contribution is 6.37. The summed E-state index contributed by atoms with van der Waals surface area (Å²) in [5.41, 5.74) is -1.19. The van der Waals surface area contributed by atoms with E-state index in [0.29, 0.717) is 10.8 Å². The molecule has 0 aromatic carbocycles. The first kappa shape index (κ1) is 14.1. The van der Waals surface area contributed by atoms with Crippen LogP contribution >= 0.6 is 0 Å². The standard InChI is InChI=1S/C10H10N4O5/c1-5-12-13-8(9(17)14(5)11)6(15)3-2-4-7(16)10(18)19/h2-4,15H,11H2,1H3,(H,18,19). The predicted octanol–water partition coefficient (Wildman–Crippen LogP) is -1.23. The van der Waals surface area contributed by atoms with E-state index < -0.39 is 28.8 Å². The van der Waals surface area contributed by atoms with Crippen LogP contribution in [0.15, 0.2) is 23.0 Å². The summed E-state index contributed by atoms with van der Waals surface area (Å²) in [5, 5.41) is 24.8. The predicted molar refractivity (Wildman–Crippen MR) is 63.6 cm³/mol. The van der Waals surface area contributed by atoms with Gasteiger partial charge in [0.15, 0.2) is 11.5 Å². The molecule has 9 heteroatoms. The summed E-state index contributed by atoms with van der Waals surface area (Å²) in [4.78, 5) is 32.5. The topological polar surface area (TPSA) is 148 Å². The van der Waals surface area contributed by atoms with Crippen LogP contribution in [0.3, 0.4) is 0 Å². The van der Waals surface area contributed by atoms with Gasteiger partial charge < -0.3 is 16.1 Å². The second-order valence-corrected chi connectivity index (χ2v) is 3.35. The van der Waals surface area contributed by atoms with Gasteiger partial charge in [0.25, 0.3) is 5.78 Å². The molecule has 1 aromatic heterocycles. The number of aryl methyl sites for hydroxylation is 1. The zero-order chi connectivity index (χ0) is 14.6. The van der Waals surface area contributed by atoms with Gasteiger partial charge in [0, 0.05) is 0 Å². The number of carboxylic acid groups (broad SMARTS) is 1. The highest BCUT2D eigenvalue weighted by Crippen LogP contribution is 2.01. The molecule has 0 fully saturated rings. The molecule has 9 nitrogen and oxygen atoms in total. The second-order valence-electron chi connectivity index (χ2n) is 3.35. The molecule has 0 bridgehead atoms. The van der Waals surface area contributed by atoms with Gasteiger partial charge in [0.05, 0.1) is 0 Å². The summed E-state index contributed by atoms with van der Waals surface area (Å²) in [5.74, 6) is 2.10. The molecule has 0 saturated carbocycles. The van der Waals surface area contributed by atoms with Crippen molar-refractivity contribution in [1.82, 2.24) is 14.9 Å². The van der Waals surface area contributed by atoms with E-state index in [1.165, 1.54) is 6.92 Å². The molecular formula is C10H10N4O5. The normalized spacial score (nSPS) is 11.7. The number of nitrogens with zero attached hydrogens (tertiary/aromatic N) is 3. The van der Waals surface area contributed by atoms with E-state index in [9.17, 15) is 19.5 Å². The van der Waals surface area contributed by atoms with Crippen LogP contribution in [0.5, 0.6) is 0 Å². The molecule has 0 radical (unpaired) electrons. The van der Waals surface area contributed by atoms with Crippen LogP contribution in [0, 0.1) is 6.92 Å². The maximum absolute atomic E-state index is 11.6. The number of rotatable bonds is 4. The molecule has 4 N–H and O–H groups in total. The van der Waals surface area contributed by atoms with Crippen molar-refractivity contribution in [2.45, 2.75) is 6.92 Å². The zero-order valence-electron chi connectivity index (χ0n) is 9.77. The highest BCUT2D eigenvalue weighted by atomic mass is 16.4. The Bertz CT molecular complexity index is 644. The maximum Gasteiger partial charge on any atom is 0.376 e. The number of aliphatic hydroxyl groups is 1. The molecule has 0 spiro atoms. The quantitative estimate of drug-likeness (QED) is 0.201. The molecule has 100 valence electrons. The molecule has 0 saturated heterocycles. The monoisotopic (exact) mass is 266 g/mol. The lowest BCUT2D eigenvalue weighted by Crippen LogP contribution is -2.33. The SMILES string of the molecule is Cc1nnc(C(O)=CC=CC(=O)C(=O)O)c(=O)n1N. The molecular weight excluding hydrogens is 256 g/mol. The minimum absolute atomic E-state index is 0.151. The maximum atomic E-state index is 11.6. The van der Waals surface area contributed by atoms with Gasteiger partial charge in [-0.25, -0.2) is 9.47 Å². The third kappa shape index (κ3) is 3.25. The Balaban J connectivity index is 3.05. The first-order valence-electron chi connectivity index (χ1n) is 4.91. The highest BCUT2D eigenvalue weighted by Gasteiger charge is 2.11. The van der Waals surface area contributed by atoms with E-state index >= 15 is 0 Å². The first-order valence-corrected chi connectivity index (χ1v) is 4.91. The summed E-state index contributed by atoms with van der Waals surface area (Å²) >= 11 is 0. The van der Waals surface area contributed by atoms with E-state index in [1.54, 1.807) is 0 Å². The fourth-order valence-electron chi connectivity index (χ4n) is 1.01. The molecule has 1 heterocycles. The van der Waals surface area contributed by atoms with E-state index in [1.807, 2.05) is 0 Å². The van der Waals surface area contributed by atoms with Crippen molar-refractivity contribution < 1.29 is 19.8 Å². The van der Waals surface area contributed by atoms with Crippen LogP contribution in [-0.2, 0) is 9.59 Å². The Labute approximate surface area is 106 Å². The number of nitrogens with two attached hydrogens (primary N) is 1. The fourth-order valence-corrected chi connectivity index (χ4v) is 1.01. The largest absolute Gasteiger partial charge is 0.505 e. The molecule has 1 aromatic rings. The number of aliphatic hydroxyl groups excluding tert-OH is 1. The summed E-state index contributed by atoms with van der Waals surface area (Å²) in [6, 6.07) is 0. The lowest BCUT2D eigenvalue weighted by molar-refractivity contribution is -0.146. The van der Waals surface area contributed by atoms with Crippen molar-refractivity contribution >= 4 is 17.5 Å². The summed E-state index contributed by atoms with van der Waals surface area (Å²) in [6.45, 7) is 1.45. The van der Waals surface area contributed by atoms with Gasteiger partial charge in [-0.1, -0.05) is 6.08 Å². The Morgan fingerprint density at radius 2 is 1.95 bits per heavy atom. The Kier molecular flexibility index (Phi) is 4.14. The Hall–Kier alpha value is -2.97. The number of hydrogen-bond donors (Lipinski definition) is 3. The van der Waals surface area contributed by atoms with Crippen molar-refractivity contribution in [3.8, 4) is 0 Å². The average molecular weight is 266 g/mol. The number of aromatic nitrogens is 3. The molecule has 0 aliphatic heterocycles. The smallest absolute Gasteiger partial charge is 0.376 e. The number of hydrogen-bond acceptors (Lipinski definition) is 7. The van der Waals surface area contributed by atoms with Crippen LogP contribution in [-0.4, -0.2) is 36.8 Å². The molecule has 0 atom stereocenters. The summed E-state index contributed by atoms with van der Waals surface area (Å²) < 4.78 is 0.693. The Morgan fingerprint density at radius 3 is 2.53 bits per heavy atom. The first-order chi connectivity index (χ1) is 8.84. The fraction of sp³-hybridized carbons (Fsp3) is 0.100. The van der Waals surface area contributed by atoms with E-state index in [2.05, 4.69) is 10.2 Å². The van der Waals surface area contributed by atoms with Crippen LogP contribution in [0.25, 0.3) is 5.76 Å². The number of carbonyl (C=O) groups is 2. The minimum Gasteiger partial charge on any atom is -0.505 e. The molecule has 1 rings (SSSR count). The van der Waals surface area contributed by atoms with E-state index in [4.69, 9.17) is 10.9 Å². The lowest BCUT2D eigenvalue weighted by Gasteiger charge is -2.02. The van der Waals surface area contributed by atoms with Crippen LogP contribution < -0.4 is 11.4 Å². The number of carboxylic acids is 1.